The molecule has 0 bridgehead atoms. The highest BCUT2D eigenvalue weighted by Crippen LogP contribution is 2.31. The van der Waals surface area contributed by atoms with E-state index in [0.29, 0.717) is 44.2 Å². The maximum Gasteiger partial charge on any atom is 0.267 e. The van der Waals surface area contributed by atoms with Gasteiger partial charge in [-0.25, -0.2) is 0 Å². The third-order valence-electron chi connectivity index (χ3n) is 4.69. The van der Waals surface area contributed by atoms with Crippen molar-refractivity contribution >= 4 is 11.8 Å². The fraction of sp³-hybridized carbons (Fsp3) is 0.556. The maximum absolute atomic E-state index is 12.7. The van der Waals surface area contributed by atoms with Gasteiger partial charge in [-0.05, 0) is 26.0 Å². The van der Waals surface area contributed by atoms with Gasteiger partial charge in [-0.2, -0.15) is 0 Å². The second-order valence-corrected chi connectivity index (χ2v) is 6.30. The Labute approximate surface area is 147 Å². The van der Waals surface area contributed by atoms with Crippen LogP contribution in [0.25, 0.3) is 0 Å². The molecule has 25 heavy (non-hydrogen) atoms. The van der Waals surface area contributed by atoms with Crippen molar-refractivity contribution in [3.63, 3.8) is 0 Å². The summed E-state index contributed by atoms with van der Waals surface area (Å²) in [5, 5.41) is 2.84. The Kier molecular flexibility index (Phi) is 5.43. The van der Waals surface area contributed by atoms with Gasteiger partial charge in [-0.3, -0.25) is 14.5 Å². The standard InChI is InChI=1S/C18H25N3O4/c1-3-19-17(22)13(2)20-8-10-21(11-9-20)18(23)16-12-24-14-6-4-5-7-15(14)25-16/h4-7,13,16H,3,8-12H2,1-2H3,(H,19,22)/t13-,16+/m0/s1. The molecule has 1 aromatic rings. The summed E-state index contributed by atoms with van der Waals surface area (Å²) in [5.74, 6) is 1.26. The zero-order valence-electron chi connectivity index (χ0n) is 14.7. The molecule has 0 unspecified atom stereocenters. The minimum Gasteiger partial charge on any atom is -0.485 e. The van der Waals surface area contributed by atoms with Crippen molar-refractivity contribution in [2.24, 2.45) is 0 Å². The molecular weight excluding hydrogens is 322 g/mol. The molecular formula is C18H25N3O4. The quantitative estimate of drug-likeness (QED) is 0.859. The van der Waals surface area contributed by atoms with Gasteiger partial charge in [0, 0.05) is 32.7 Å². The Bertz CT molecular complexity index is 629. The first-order chi connectivity index (χ1) is 12.1. The van der Waals surface area contributed by atoms with Crippen LogP contribution in [0.2, 0.25) is 0 Å². The van der Waals surface area contributed by atoms with E-state index in [9.17, 15) is 9.59 Å². The molecule has 1 saturated heterocycles. The Morgan fingerprint density at radius 2 is 1.88 bits per heavy atom. The first-order valence-electron chi connectivity index (χ1n) is 8.79. The van der Waals surface area contributed by atoms with Crippen LogP contribution < -0.4 is 14.8 Å². The van der Waals surface area contributed by atoms with Crippen molar-refractivity contribution in [2.75, 3.05) is 39.3 Å². The van der Waals surface area contributed by atoms with Crippen molar-refractivity contribution in [1.82, 2.24) is 15.1 Å². The van der Waals surface area contributed by atoms with Gasteiger partial charge in [0.2, 0.25) is 12.0 Å². The summed E-state index contributed by atoms with van der Waals surface area (Å²) in [6.07, 6.45) is -0.609. The van der Waals surface area contributed by atoms with Gasteiger partial charge in [-0.1, -0.05) is 12.1 Å². The van der Waals surface area contributed by atoms with Crippen molar-refractivity contribution in [3.05, 3.63) is 24.3 Å². The normalized spacial score (nSPS) is 21.5. The number of amides is 2. The minimum atomic E-state index is -0.609. The second-order valence-electron chi connectivity index (χ2n) is 6.30. The van der Waals surface area contributed by atoms with E-state index in [1.54, 1.807) is 11.0 Å². The van der Waals surface area contributed by atoms with E-state index in [0.717, 1.165) is 0 Å². The topological polar surface area (TPSA) is 71.1 Å². The van der Waals surface area contributed by atoms with Crippen LogP contribution in [0.15, 0.2) is 24.3 Å². The van der Waals surface area contributed by atoms with E-state index in [4.69, 9.17) is 9.47 Å². The lowest BCUT2D eigenvalue weighted by Gasteiger charge is -2.39. The zero-order chi connectivity index (χ0) is 17.8. The van der Waals surface area contributed by atoms with Crippen LogP contribution in [0.3, 0.4) is 0 Å². The third kappa shape index (κ3) is 3.87. The van der Waals surface area contributed by atoms with Crippen LogP contribution in [0.5, 0.6) is 11.5 Å². The van der Waals surface area contributed by atoms with Gasteiger partial charge in [0.15, 0.2) is 11.5 Å². The van der Waals surface area contributed by atoms with Gasteiger partial charge < -0.3 is 19.7 Å². The van der Waals surface area contributed by atoms with Crippen LogP contribution in [0.1, 0.15) is 13.8 Å². The van der Waals surface area contributed by atoms with Gasteiger partial charge in [-0.15, -0.1) is 0 Å². The van der Waals surface area contributed by atoms with Crippen LogP contribution in [-0.4, -0.2) is 73.1 Å². The van der Waals surface area contributed by atoms with E-state index in [1.165, 1.54) is 0 Å². The molecule has 0 radical (unpaired) electrons. The summed E-state index contributed by atoms with van der Waals surface area (Å²) >= 11 is 0. The molecule has 1 aromatic carbocycles. The number of rotatable bonds is 4. The fourth-order valence-corrected chi connectivity index (χ4v) is 3.16. The number of piperazine rings is 1. The lowest BCUT2D eigenvalue weighted by Crippen LogP contribution is -2.57. The summed E-state index contributed by atoms with van der Waals surface area (Å²) in [6.45, 7) is 7.19. The first kappa shape index (κ1) is 17.5. The average molecular weight is 347 g/mol. The monoisotopic (exact) mass is 347 g/mol. The summed E-state index contributed by atoms with van der Waals surface area (Å²) in [5.41, 5.74) is 0. The molecule has 136 valence electrons. The molecule has 0 saturated carbocycles. The highest BCUT2D eigenvalue weighted by molar-refractivity contribution is 5.82. The Balaban J connectivity index is 1.53. The largest absolute Gasteiger partial charge is 0.485 e. The molecule has 7 nitrogen and oxygen atoms in total. The van der Waals surface area contributed by atoms with Gasteiger partial charge >= 0.3 is 0 Å². The number of nitrogens with zero attached hydrogens (tertiary/aromatic N) is 2. The number of ether oxygens (including phenoxy) is 2. The smallest absolute Gasteiger partial charge is 0.267 e. The molecule has 0 aliphatic carbocycles. The molecule has 2 atom stereocenters. The summed E-state index contributed by atoms with van der Waals surface area (Å²) in [4.78, 5) is 28.5. The lowest BCUT2D eigenvalue weighted by molar-refractivity contribution is -0.143. The summed E-state index contributed by atoms with van der Waals surface area (Å²) in [6, 6.07) is 7.19. The molecule has 0 aromatic heterocycles. The molecule has 0 spiro atoms. The Morgan fingerprint density at radius 1 is 1.20 bits per heavy atom. The second kappa shape index (κ2) is 7.74. The number of likely N-dealkylation sites (N-methyl/N-ethyl adjacent to an activating group) is 1. The predicted octanol–water partition coefficient (Wildman–Crippen LogP) is 0.495. The Hall–Kier alpha value is -2.28. The molecule has 7 heteroatoms. The number of carbonyl (C=O) groups excluding carboxylic acids is 2. The lowest BCUT2D eigenvalue weighted by atomic mass is 10.2. The molecule has 2 heterocycles. The Morgan fingerprint density at radius 3 is 2.56 bits per heavy atom. The molecule has 2 aliphatic rings. The number of carbonyl (C=O) groups is 2. The first-order valence-corrected chi connectivity index (χ1v) is 8.79. The van der Waals surface area contributed by atoms with Crippen LogP contribution >= 0.6 is 0 Å². The number of nitrogens with one attached hydrogen (secondary N) is 1. The average Bonchev–Trinajstić information content (AvgIpc) is 2.66. The van der Waals surface area contributed by atoms with E-state index in [2.05, 4.69) is 10.2 Å². The third-order valence-corrected chi connectivity index (χ3v) is 4.69. The molecule has 1 N–H and O–H groups in total. The molecule has 2 amide bonds. The summed E-state index contributed by atoms with van der Waals surface area (Å²) in [7, 11) is 0. The van der Waals surface area contributed by atoms with Gasteiger partial charge in [0.05, 0.1) is 6.04 Å². The summed E-state index contributed by atoms with van der Waals surface area (Å²) < 4.78 is 11.4. The van der Waals surface area contributed by atoms with Gasteiger partial charge in [0.1, 0.15) is 6.61 Å². The maximum atomic E-state index is 12.7. The van der Waals surface area contributed by atoms with Crippen molar-refractivity contribution < 1.29 is 19.1 Å². The van der Waals surface area contributed by atoms with Gasteiger partial charge in [0.25, 0.3) is 5.91 Å². The number of hydrogen-bond acceptors (Lipinski definition) is 5. The van der Waals surface area contributed by atoms with Crippen LogP contribution in [-0.2, 0) is 9.59 Å². The number of fused-ring (bicyclic) bond motifs is 1. The number of para-hydroxylation sites is 2. The minimum absolute atomic E-state index is 0.0305. The molecule has 1 fully saturated rings. The fourth-order valence-electron chi connectivity index (χ4n) is 3.16. The van der Waals surface area contributed by atoms with Crippen molar-refractivity contribution in [3.8, 4) is 11.5 Å². The van der Waals surface area contributed by atoms with Crippen LogP contribution in [0.4, 0.5) is 0 Å². The molecule has 2 aliphatic heterocycles. The van der Waals surface area contributed by atoms with E-state index in [1.807, 2.05) is 32.0 Å². The van der Waals surface area contributed by atoms with Crippen LogP contribution in [0, 0.1) is 0 Å². The van der Waals surface area contributed by atoms with E-state index in [-0.39, 0.29) is 24.5 Å². The van der Waals surface area contributed by atoms with Crippen molar-refractivity contribution in [1.29, 1.82) is 0 Å². The van der Waals surface area contributed by atoms with E-state index < -0.39 is 6.10 Å². The highest BCUT2D eigenvalue weighted by atomic mass is 16.6. The molecule has 3 rings (SSSR count). The van der Waals surface area contributed by atoms with E-state index >= 15 is 0 Å². The predicted molar refractivity (Wildman–Crippen MR) is 92.7 cm³/mol. The number of benzene rings is 1. The number of hydrogen-bond donors (Lipinski definition) is 1. The SMILES string of the molecule is CCNC(=O)[C@H](C)N1CCN(C(=O)[C@H]2COc3ccccc3O2)CC1. The zero-order valence-corrected chi connectivity index (χ0v) is 14.7. The highest BCUT2D eigenvalue weighted by Gasteiger charge is 2.34. The van der Waals surface area contributed by atoms with Crippen molar-refractivity contribution in [2.45, 2.75) is 26.0 Å².